The minimum atomic E-state index is -0.173. The van der Waals surface area contributed by atoms with E-state index in [1.807, 2.05) is 18.2 Å². The maximum atomic E-state index is 12.3. The standard InChI is InChI=1S/C17H23NO2/c1-11-3-6-15(9-12(11)2)20-17(19)14-5-4-13-7-8-18-16(13)10-14/h4-5,10-12,15,18H,3,6-9H2,1-2H3. The van der Waals surface area contributed by atoms with E-state index in [1.54, 1.807) is 0 Å². The molecule has 1 aliphatic heterocycles. The van der Waals surface area contributed by atoms with Gasteiger partial charge in [-0.25, -0.2) is 4.79 Å². The third kappa shape index (κ3) is 2.67. The first-order valence-electron chi connectivity index (χ1n) is 7.71. The highest BCUT2D eigenvalue weighted by molar-refractivity contribution is 5.91. The Morgan fingerprint density at radius 3 is 2.90 bits per heavy atom. The summed E-state index contributed by atoms with van der Waals surface area (Å²) < 4.78 is 5.69. The van der Waals surface area contributed by atoms with Gasteiger partial charge in [-0.05, 0) is 55.2 Å². The molecule has 2 aliphatic rings. The van der Waals surface area contributed by atoms with E-state index >= 15 is 0 Å². The van der Waals surface area contributed by atoms with Gasteiger partial charge >= 0.3 is 5.97 Å². The second kappa shape index (κ2) is 5.47. The molecule has 20 heavy (non-hydrogen) atoms. The molecule has 1 aromatic carbocycles. The molecule has 0 spiro atoms. The summed E-state index contributed by atoms with van der Waals surface area (Å²) in [6, 6.07) is 5.86. The van der Waals surface area contributed by atoms with Crippen molar-refractivity contribution in [3.8, 4) is 0 Å². The summed E-state index contributed by atoms with van der Waals surface area (Å²) >= 11 is 0. The molecule has 108 valence electrons. The van der Waals surface area contributed by atoms with Crippen molar-refractivity contribution in [3.63, 3.8) is 0 Å². The van der Waals surface area contributed by atoms with Gasteiger partial charge in [-0.3, -0.25) is 0 Å². The number of hydrogen-bond acceptors (Lipinski definition) is 3. The topological polar surface area (TPSA) is 38.3 Å². The molecule has 3 atom stereocenters. The fourth-order valence-electron chi connectivity index (χ4n) is 3.24. The van der Waals surface area contributed by atoms with Crippen molar-refractivity contribution in [3.05, 3.63) is 29.3 Å². The third-order valence-corrected chi connectivity index (χ3v) is 4.88. The summed E-state index contributed by atoms with van der Waals surface area (Å²) in [6.45, 7) is 5.50. The monoisotopic (exact) mass is 273 g/mol. The Labute approximate surface area is 120 Å². The molecule has 3 unspecified atom stereocenters. The molecule has 0 saturated heterocycles. The highest BCUT2D eigenvalue weighted by Gasteiger charge is 2.27. The zero-order chi connectivity index (χ0) is 14.1. The molecule has 1 aromatic rings. The highest BCUT2D eigenvalue weighted by Crippen LogP contribution is 2.31. The highest BCUT2D eigenvalue weighted by atomic mass is 16.5. The molecule has 1 N–H and O–H groups in total. The Balaban J connectivity index is 1.65. The number of ether oxygens (including phenoxy) is 1. The van der Waals surface area contributed by atoms with Crippen LogP contribution in [0.3, 0.4) is 0 Å². The maximum absolute atomic E-state index is 12.3. The van der Waals surface area contributed by atoms with Gasteiger partial charge in [-0.2, -0.15) is 0 Å². The number of anilines is 1. The summed E-state index contributed by atoms with van der Waals surface area (Å²) in [4.78, 5) is 12.3. The average molecular weight is 273 g/mol. The van der Waals surface area contributed by atoms with Crippen LogP contribution in [0.4, 0.5) is 5.69 Å². The van der Waals surface area contributed by atoms with Crippen LogP contribution in [0.5, 0.6) is 0 Å². The van der Waals surface area contributed by atoms with E-state index < -0.39 is 0 Å². The van der Waals surface area contributed by atoms with Crippen LogP contribution in [0.1, 0.15) is 49.0 Å². The molecule has 0 bridgehead atoms. The Morgan fingerprint density at radius 2 is 2.10 bits per heavy atom. The summed E-state index contributed by atoms with van der Waals surface area (Å²) in [5, 5.41) is 3.30. The minimum Gasteiger partial charge on any atom is -0.459 e. The maximum Gasteiger partial charge on any atom is 0.338 e. The molecule has 1 saturated carbocycles. The first-order valence-corrected chi connectivity index (χ1v) is 7.71. The van der Waals surface area contributed by atoms with Crippen LogP contribution in [0.15, 0.2) is 18.2 Å². The summed E-state index contributed by atoms with van der Waals surface area (Å²) in [6.07, 6.45) is 4.29. The van der Waals surface area contributed by atoms with Gasteiger partial charge in [0.25, 0.3) is 0 Å². The zero-order valence-corrected chi connectivity index (χ0v) is 12.3. The van der Waals surface area contributed by atoms with Crippen LogP contribution in [-0.4, -0.2) is 18.6 Å². The second-order valence-electron chi connectivity index (χ2n) is 6.34. The molecule has 0 radical (unpaired) electrons. The second-order valence-corrected chi connectivity index (χ2v) is 6.34. The Hall–Kier alpha value is -1.51. The molecule has 1 fully saturated rings. The van der Waals surface area contributed by atoms with E-state index in [-0.39, 0.29) is 12.1 Å². The molecule has 1 aliphatic carbocycles. The lowest BCUT2D eigenvalue weighted by Crippen LogP contribution is -2.28. The van der Waals surface area contributed by atoms with E-state index in [2.05, 4.69) is 19.2 Å². The van der Waals surface area contributed by atoms with Gasteiger partial charge in [0.2, 0.25) is 0 Å². The van der Waals surface area contributed by atoms with Gasteiger partial charge in [0.1, 0.15) is 6.10 Å². The lowest BCUT2D eigenvalue weighted by molar-refractivity contribution is 0.00879. The van der Waals surface area contributed by atoms with E-state index in [4.69, 9.17) is 4.74 Å². The smallest absolute Gasteiger partial charge is 0.338 e. The normalized spacial score (nSPS) is 28.6. The van der Waals surface area contributed by atoms with Crippen molar-refractivity contribution in [1.82, 2.24) is 0 Å². The van der Waals surface area contributed by atoms with Crippen molar-refractivity contribution in [2.24, 2.45) is 11.8 Å². The summed E-state index contributed by atoms with van der Waals surface area (Å²) in [5.74, 6) is 1.21. The van der Waals surface area contributed by atoms with Gasteiger partial charge < -0.3 is 10.1 Å². The first-order chi connectivity index (χ1) is 9.63. The van der Waals surface area contributed by atoms with Crippen LogP contribution < -0.4 is 5.32 Å². The van der Waals surface area contributed by atoms with Crippen LogP contribution in [0.2, 0.25) is 0 Å². The van der Waals surface area contributed by atoms with Gasteiger partial charge in [-0.1, -0.05) is 19.9 Å². The van der Waals surface area contributed by atoms with Crippen molar-refractivity contribution < 1.29 is 9.53 Å². The Bertz CT molecular complexity index is 512. The Morgan fingerprint density at radius 1 is 1.25 bits per heavy atom. The van der Waals surface area contributed by atoms with Crippen molar-refractivity contribution in [2.75, 3.05) is 11.9 Å². The van der Waals surface area contributed by atoms with E-state index in [1.165, 1.54) is 5.56 Å². The molecule has 3 rings (SSSR count). The number of rotatable bonds is 2. The SMILES string of the molecule is CC1CCC(OC(=O)c2ccc3c(c2)NCC3)CC1C. The first kappa shape index (κ1) is 13.5. The van der Waals surface area contributed by atoms with Gasteiger partial charge in [0.15, 0.2) is 0 Å². The van der Waals surface area contributed by atoms with Crippen molar-refractivity contribution >= 4 is 11.7 Å². The molecule has 0 amide bonds. The van der Waals surface area contributed by atoms with Crippen molar-refractivity contribution in [2.45, 2.75) is 45.6 Å². The largest absolute Gasteiger partial charge is 0.459 e. The van der Waals surface area contributed by atoms with Crippen LogP contribution in [-0.2, 0) is 11.2 Å². The summed E-state index contributed by atoms with van der Waals surface area (Å²) in [5.41, 5.74) is 3.05. The van der Waals surface area contributed by atoms with E-state index in [9.17, 15) is 4.79 Å². The molecular weight excluding hydrogens is 250 g/mol. The number of esters is 1. The van der Waals surface area contributed by atoms with E-state index in [0.29, 0.717) is 11.5 Å². The number of nitrogens with one attached hydrogen (secondary N) is 1. The summed E-state index contributed by atoms with van der Waals surface area (Å²) in [7, 11) is 0. The van der Waals surface area contributed by atoms with Gasteiger partial charge in [0, 0.05) is 12.2 Å². The van der Waals surface area contributed by atoms with Crippen LogP contribution in [0.25, 0.3) is 0 Å². The Kier molecular flexibility index (Phi) is 3.68. The van der Waals surface area contributed by atoms with Gasteiger partial charge in [0.05, 0.1) is 5.56 Å². The molecule has 0 aromatic heterocycles. The predicted octanol–water partition coefficient (Wildman–Crippen LogP) is 3.64. The third-order valence-electron chi connectivity index (χ3n) is 4.88. The number of fused-ring (bicyclic) bond motifs is 1. The fraction of sp³-hybridized carbons (Fsp3) is 0.588. The predicted molar refractivity (Wildman–Crippen MR) is 80.0 cm³/mol. The molecule has 1 heterocycles. The van der Waals surface area contributed by atoms with Crippen LogP contribution >= 0.6 is 0 Å². The number of carbonyl (C=O) groups is 1. The van der Waals surface area contributed by atoms with Crippen molar-refractivity contribution in [1.29, 1.82) is 0 Å². The molecule has 3 heteroatoms. The van der Waals surface area contributed by atoms with Gasteiger partial charge in [-0.15, -0.1) is 0 Å². The average Bonchev–Trinajstić information content (AvgIpc) is 2.90. The number of hydrogen-bond donors (Lipinski definition) is 1. The van der Waals surface area contributed by atoms with E-state index in [0.717, 1.165) is 43.8 Å². The molecular formula is C17H23NO2. The number of carbonyl (C=O) groups excluding carboxylic acids is 1. The lowest BCUT2D eigenvalue weighted by atomic mass is 9.80. The zero-order valence-electron chi connectivity index (χ0n) is 12.3. The lowest BCUT2D eigenvalue weighted by Gasteiger charge is -2.31. The minimum absolute atomic E-state index is 0.0925. The number of benzene rings is 1. The molecule has 3 nitrogen and oxygen atoms in total. The quantitative estimate of drug-likeness (QED) is 0.836. The van der Waals surface area contributed by atoms with Crippen LogP contribution in [0, 0.1) is 11.8 Å². The fourth-order valence-corrected chi connectivity index (χ4v) is 3.24.